The van der Waals surface area contributed by atoms with Crippen LogP contribution in [0.15, 0.2) is 29.3 Å². The van der Waals surface area contributed by atoms with Gasteiger partial charge in [-0.05, 0) is 31.9 Å². The van der Waals surface area contributed by atoms with Gasteiger partial charge in [-0.1, -0.05) is 19.1 Å². The second-order valence-corrected chi connectivity index (χ2v) is 6.46. The first-order valence-corrected chi connectivity index (χ1v) is 9.30. The minimum Gasteiger partial charge on any atom is -0.378 e. The van der Waals surface area contributed by atoms with Gasteiger partial charge in [0.05, 0.1) is 4.92 Å². The molecule has 26 heavy (non-hydrogen) atoms. The number of nitrogens with one attached hydrogen (secondary N) is 3. The van der Waals surface area contributed by atoms with E-state index >= 15 is 0 Å². The minimum absolute atomic E-state index is 0.0915. The number of aliphatic imine (C=N–C) groups is 1. The highest BCUT2D eigenvalue weighted by Gasteiger charge is 2.19. The van der Waals surface area contributed by atoms with Crippen LogP contribution in [-0.4, -0.2) is 61.6 Å². The van der Waals surface area contributed by atoms with E-state index in [4.69, 9.17) is 0 Å². The molecule has 144 valence electrons. The summed E-state index contributed by atoms with van der Waals surface area (Å²) in [4.78, 5) is 17.4. The molecule has 1 saturated heterocycles. The molecular weight excluding hydrogens is 332 g/mol. The van der Waals surface area contributed by atoms with E-state index in [9.17, 15) is 10.1 Å². The molecule has 3 N–H and O–H groups in total. The maximum Gasteiger partial charge on any atom is 0.292 e. The molecule has 1 aliphatic rings. The Morgan fingerprint density at radius 1 is 1.31 bits per heavy atom. The number of hydrogen-bond acceptors (Lipinski definition) is 5. The van der Waals surface area contributed by atoms with Crippen molar-refractivity contribution in [2.45, 2.75) is 32.2 Å². The van der Waals surface area contributed by atoms with E-state index in [0.717, 1.165) is 31.9 Å². The number of nitro groups is 1. The third-order valence-electron chi connectivity index (χ3n) is 4.53. The largest absolute Gasteiger partial charge is 0.378 e. The van der Waals surface area contributed by atoms with Crippen molar-refractivity contribution in [1.29, 1.82) is 0 Å². The predicted octanol–water partition coefficient (Wildman–Crippen LogP) is 2.05. The van der Waals surface area contributed by atoms with Crippen molar-refractivity contribution in [3.8, 4) is 0 Å². The molecule has 1 aliphatic heterocycles. The third kappa shape index (κ3) is 6.18. The lowest BCUT2D eigenvalue weighted by molar-refractivity contribution is -0.384. The van der Waals surface area contributed by atoms with Gasteiger partial charge in [-0.2, -0.15) is 0 Å². The highest BCUT2D eigenvalue weighted by atomic mass is 16.6. The van der Waals surface area contributed by atoms with Crippen molar-refractivity contribution in [2.75, 3.05) is 45.1 Å². The zero-order valence-corrected chi connectivity index (χ0v) is 15.7. The van der Waals surface area contributed by atoms with Gasteiger partial charge in [-0.25, -0.2) is 0 Å². The Labute approximate surface area is 155 Å². The Kier molecular flexibility index (Phi) is 8.14. The van der Waals surface area contributed by atoms with Gasteiger partial charge in [0.1, 0.15) is 5.69 Å². The van der Waals surface area contributed by atoms with Gasteiger partial charge < -0.3 is 20.9 Å². The van der Waals surface area contributed by atoms with Crippen molar-refractivity contribution in [2.24, 2.45) is 4.99 Å². The van der Waals surface area contributed by atoms with Gasteiger partial charge in [0.2, 0.25) is 0 Å². The number of guanidine groups is 1. The highest BCUT2D eigenvalue weighted by Crippen LogP contribution is 2.22. The number of benzene rings is 1. The fourth-order valence-corrected chi connectivity index (χ4v) is 3.17. The number of rotatable bonds is 8. The summed E-state index contributed by atoms with van der Waals surface area (Å²) in [7, 11) is 1.76. The Bertz CT molecular complexity index is 599. The molecule has 0 saturated carbocycles. The molecule has 1 aromatic rings. The smallest absolute Gasteiger partial charge is 0.292 e. The maximum absolute atomic E-state index is 11.0. The van der Waals surface area contributed by atoms with Gasteiger partial charge in [0.25, 0.3) is 5.69 Å². The van der Waals surface area contributed by atoms with Crippen molar-refractivity contribution >= 4 is 17.3 Å². The van der Waals surface area contributed by atoms with Crippen LogP contribution in [0.3, 0.4) is 0 Å². The molecule has 0 aliphatic carbocycles. The Hall–Kier alpha value is -2.35. The molecule has 8 heteroatoms. The summed E-state index contributed by atoms with van der Waals surface area (Å²) in [6.45, 7) is 6.84. The van der Waals surface area contributed by atoms with Crippen LogP contribution in [0.1, 0.15) is 26.2 Å². The lowest BCUT2D eigenvalue weighted by Gasteiger charge is -2.32. The third-order valence-corrected chi connectivity index (χ3v) is 4.53. The summed E-state index contributed by atoms with van der Waals surface area (Å²) in [6, 6.07) is 7.11. The van der Waals surface area contributed by atoms with Crippen LogP contribution in [0.4, 0.5) is 11.4 Å². The molecule has 1 heterocycles. The molecule has 0 unspecified atom stereocenters. The lowest BCUT2D eigenvalue weighted by atomic mass is 10.1. The maximum atomic E-state index is 11.0. The molecule has 1 aromatic carbocycles. The molecule has 0 amide bonds. The Morgan fingerprint density at radius 3 is 2.69 bits per heavy atom. The number of nitrogens with zero attached hydrogens (tertiary/aromatic N) is 3. The summed E-state index contributed by atoms with van der Waals surface area (Å²) in [5, 5.41) is 20.9. The average Bonchev–Trinajstić information content (AvgIpc) is 2.66. The standard InChI is InChI=1S/C18H30N6O2/c1-3-12-23-13-8-15(9-14-23)22-18(19-2)21-11-10-20-16-6-4-5-7-17(16)24(25)26/h4-7,15,20H,3,8-14H2,1-2H3,(H2,19,21,22). The lowest BCUT2D eigenvalue weighted by Crippen LogP contribution is -2.49. The monoisotopic (exact) mass is 362 g/mol. The van der Waals surface area contributed by atoms with E-state index in [1.54, 1.807) is 25.2 Å². The first-order chi connectivity index (χ1) is 12.6. The van der Waals surface area contributed by atoms with E-state index in [2.05, 4.69) is 32.8 Å². The summed E-state index contributed by atoms with van der Waals surface area (Å²) in [5.74, 6) is 0.781. The molecule has 0 radical (unpaired) electrons. The van der Waals surface area contributed by atoms with Gasteiger partial charge in [0.15, 0.2) is 5.96 Å². The quantitative estimate of drug-likeness (QED) is 0.215. The summed E-state index contributed by atoms with van der Waals surface area (Å²) in [6.07, 6.45) is 3.44. The molecule has 0 bridgehead atoms. The van der Waals surface area contributed by atoms with Crippen LogP contribution in [0, 0.1) is 10.1 Å². The Morgan fingerprint density at radius 2 is 2.04 bits per heavy atom. The van der Waals surface area contributed by atoms with Gasteiger partial charge in [0, 0.05) is 45.3 Å². The van der Waals surface area contributed by atoms with Crippen molar-refractivity contribution < 1.29 is 4.92 Å². The fourth-order valence-electron chi connectivity index (χ4n) is 3.17. The number of piperidine rings is 1. The van der Waals surface area contributed by atoms with Crippen LogP contribution in [0.5, 0.6) is 0 Å². The van der Waals surface area contributed by atoms with Gasteiger partial charge in [-0.3, -0.25) is 15.1 Å². The zero-order valence-electron chi connectivity index (χ0n) is 15.7. The molecule has 1 fully saturated rings. The predicted molar refractivity (Wildman–Crippen MR) is 106 cm³/mol. The van der Waals surface area contributed by atoms with Crippen LogP contribution in [0.2, 0.25) is 0 Å². The Balaban J connectivity index is 1.71. The van der Waals surface area contributed by atoms with Gasteiger partial charge in [-0.15, -0.1) is 0 Å². The molecule has 0 spiro atoms. The van der Waals surface area contributed by atoms with E-state index in [1.807, 2.05) is 0 Å². The summed E-state index contributed by atoms with van der Waals surface area (Å²) >= 11 is 0. The normalized spacial score (nSPS) is 16.3. The molecule has 8 nitrogen and oxygen atoms in total. The summed E-state index contributed by atoms with van der Waals surface area (Å²) < 4.78 is 0. The molecule has 0 aromatic heterocycles. The average molecular weight is 362 g/mol. The summed E-state index contributed by atoms with van der Waals surface area (Å²) in [5.41, 5.74) is 0.624. The number of para-hydroxylation sites is 2. The highest BCUT2D eigenvalue weighted by molar-refractivity contribution is 5.80. The number of nitro benzene ring substituents is 1. The van der Waals surface area contributed by atoms with E-state index in [1.165, 1.54) is 19.0 Å². The number of likely N-dealkylation sites (tertiary alicyclic amines) is 1. The first kappa shape index (κ1) is 20.0. The van der Waals surface area contributed by atoms with E-state index in [0.29, 0.717) is 24.8 Å². The van der Waals surface area contributed by atoms with E-state index < -0.39 is 0 Å². The topological polar surface area (TPSA) is 94.8 Å². The van der Waals surface area contributed by atoms with Crippen molar-refractivity contribution in [1.82, 2.24) is 15.5 Å². The first-order valence-electron chi connectivity index (χ1n) is 9.30. The number of anilines is 1. The fraction of sp³-hybridized carbons (Fsp3) is 0.611. The number of hydrogen-bond donors (Lipinski definition) is 3. The zero-order chi connectivity index (χ0) is 18.8. The second-order valence-electron chi connectivity index (χ2n) is 6.46. The van der Waals surface area contributed by atoms with Crippen molar-refractivity contribution in [3.05, 3.63) is 34.4 Å². The van der Waals surface area contributed by atoms with Crippen LogP contribution in [0.25, 0.3) is 0 Å². The second kappa shape index (κ2) is 10.6. The molecule has 0 atom stereocenters. The van der Waals surface area contributed by atoms with Gasteiger partial charge >= 0.3 is 0 Å². The van der Waals surface area contributed by atoms with Crippen LogP contribution < -0.4 is 16.0 Å². The molecular formula is C18H30N6O2. The molecule has 2 rings (SSSR count). The van der Waals surface area contributed by atoms with E-state index in [-0.39, 0.29) is 10.6 Å². The SMILES string of the molecule is CCCN1CCC(NC(=NC)NCCNc2ccccc2[N+](=O)[O-])CC1. The minimum atomic E-state index is -0.374. The van der Waals surface area contributed by atoms with Crippen LogP contribution >= 0.6 is 0 Å². The van der Waals surface area contributed by atoms with Crippen LogP contribution in [-0.2, 0) is 0 Å². The van der Waals surface area contributed by atoms with Crippen molar-refractivity contribution in [3.63, 3.8) is 0 Å².